The van der Waals surface area contributed by atoms with Crippen molar-refractivity contribution in [3.8, 4) is 5.69 Å². The molecular formula is C18H17FN4O3. The number of hydrogen-bond acceptors (Lipinski definition) is 4. The number of aromatic nitrogens is 2. The highest BCUT2D eigenvalue weighted by molar-refractivity contribution is 5.97. The largest absolute Gasteiger partial charge is 0.467 e. The van der Waals surface area contributed by atoms with Crippen LogP contribution < -0.4 is 10.6 Å². The van der Waals surface area contributed by atoms with Crippen LogP contribution in [-0.2, 0) is 11.3 Å². The lowest BCUT2D eigenvalue weighted by atomic mass is 10.2. The summed E-state index contributed by atoms with van der Waals surface area (Å²) in [6.07, 6.45) is 2.93. The Morgan fingerprint density at radius 2 is 1.96 bits per heavy atom. The zero-order valence-corrected chi connectivity index (χ0v) is 14.0. The van der Waals surface area contributed by atoms with Crippen LogP contribution in [0, 0.1) is 12.7 Å². The molecular weight excluding hydrogens is 339 g/mol. The topological polar surface area (TPSA) is 89.2 Å². The highest BCUT2D eigenvalue weighted by Gasteiger charge is 2.16. The molecule has 26 heavy (non-hydrogen) atoms. The number of nitrogens with zero attached hydrogens (tertiary/aromatic N) is 2. The minimum Gasteiger partial charge on any atom is -0.467 e. The molecule has 0 unspecified atom stereocenters. The number of carbonyl (C=O) groups excluding carboxylic acids is 2. The summed E-state index contributed by atoms with van der Waals surface area (Å²) in [6.45, 7) is 1.81. The lowest BCUT2D eigenvalue weighted by Crippen LogP contribution is -2.36. The van der Waals surface area contributed by atoms with Gasteiger partial charge in [-0.05, 0) is 43.3 Å². The van der Waals surface area contributed by atoms with E-state index in [1.54, 1.807) is 31.2 Å². The van der Waals surface area contributed by atoms with E-state index >= 15 is 0 Å². The molecule has 0 radical (unpaired) electrons. The Hall–Kier alpha value is -3.42. The summed E-state index contributed by atoms with van der Waals surface area (Å²) in [6, 6.07) is 9.24. The normalized spacial score (nSPS) is 10.5. The third-order valence-corrected chi connectivity index (χ3v) is 3.78. The van der Waals surface area contributed by atoms with E-state index < -0.39 is 5.91 Å². The predicted molar refractivity (Wildman–Crippen MR) is 91.1 cm³/mol. The van der Waals surface area contributed by atoms with Gasteiger partial charge in [-0.1, -0.05) is 0 Å². The van der Waals surface area contributed by atoms with Gasteiger partial charge in [-0.25, -0.2) is 9.07 Å². The quantitative estimate of drug-likeness (QED) is 0.707. The Balaban J connectivity index is 1.58. The zero-order chi connectivity index (χ0) is 18.5. The summed E-state index contributed by atoms with van der Waals surface area (Å²) >= 11 is 0. The van der Waals surface area contributed by atoms with Crippen LogP contribution in [0.1, 0.15) is 21.8 Å². The average Bonchev–Trinajstić information content (AvgIpc) is 3.28. The van der Waals surface area contributed by atoms with Gasteiger partial charge < -0.3 is 15.1 Å². The monoisotopic (exact) mass is 356 g/mol. The van der Waals surface area contributed by atoms with Gasteiger partial charge in [0, 0.05) is 0 Å². The van der Waals surface area contributed by atoms with Crippen molar-refractivity contribution < 1.29 is 18.4 Å². The van der Waals surface area contributed by atoms with E-state index in [9.17, 15) is 14.0 Å². The Morgan fingerprint density at radius 1 is 1.19 bits per heavy atom. The van der Waals surface area contributed by atoms with Crippen LogP contribution in [0.25, 0.3) is 5.69 Å². The standard InChI is InChI=1S/C18H17FN4O3/c1-12-16(10-22-23(12)14-6-4-13(19)5-7-14)18(25)21-11-17(24)20-9-15-3-2-8-26-15/h2-8,10H,9,11H2,1H3,(H,20,24)(H,21,25). The fourth-order valence-electron chi connectivity index (χ4n) is 2.39. The number of halogens is 1. The van der Waals surface area contributed by atoms with Crippen molar-refractivity contribution >= 4 is 11.8 Å². The van der Waals surface area contributed by atoms with Crippen LogP contribution in [0.5, 0.6) is 0 Å². The molecule has 2 heterocycles. The van der Waals surface area contributed by atoms with E-state index in [2.05, 4.69) is 15.7 Å². The van der Waals surface area contributed by atoms with Crippen molar-refractivity contribution in [3.63, 3.8) is 0 Å². The van der Waals surface area contributed by atoms with E-state index in [-0.39, 0.29) is 24.8 Å². The van der Waals surface area contributed by atoms with Crippen LogP contribution in [0.15, 0.2) is 53.3 Å². The minimum atomic E-state index is -0.413. The summed E-state index contributed by atoms with van der Waals surface area (Å²) in [4.78, 5) is 24.1. The molecule has 0 fully saturated rings. The third kappa shape index (κ3) is 3.97. The minimum absolute atomic E-state index is 0.166. The highest BCUT2D eigenvalue weighted by Crippen LogP contribution is 2.14. The molecule has 0 spiro atoms. The first-order chi connectivity index (χ1) is 12.5. The smallest absolute Gasteiger partial charge is 0.255 e. The van der Waals surface area contributed by atoms with Crippen LogP contribution in [0.2, 0.25) is 0 Å². The summed E-state index contributed by atoms with van der Waals surface area (Å²) in [5.41, 5.74) is 1.57. The first-order valence-corrected chi connectivity index (χ1v) is 7.92. The Morgan fingerprint density at radius 3 is 2.65 bits per heavy atom. The third-order valence-electron chi connectivity index (χ3n) is 3.78. The number of rotatable bonds is 6. The first kappa shape index (κ1) is 17.4. The Bertz CT molecular complexity index is 901. The molecule has 0 saturated carbocycles. The number of hydrogen-bond donors (Lipinski definition) is 2. The molecule has 2 N–H and O–H groups in total. The van der Waals surface area contributed by atoms with Crippen LogP contribution in [0.4, 0.5) is 4.39 Å². The predicted octanol–water partition coefficient (Wildman–Crippen LogP) is 1.96. The zero-order valence-electron chi connectivity index (χ0n) is 14.0. The molecule has 2 aromatic heterocycles. The maximum Gasteiger partial charge on any atom is 0.255 e. The molecule has 0 bridgehead atoms. The second-order valence-electron chi connectivity index (χ2n) is 5.57. The summed E-state index contributed by atoms with van der Waals surface area (Å²) < 4.78 is 19.7. The van der Waals surface area contributed by atoms with E-state index in [0.29, 0.717) is 22.7 Å². The molecule has 134 valence electrons. The number of benzene rings is 1. The van der Waals surface area contributed by atoms with Gasteiger partial charge in [0.25, 0.3) is 5.91 Å². The van der Waals surface area contributed by atoms with E-state index in [1.807, 2.05) is 0 Å². The number of furan rings is 1. The van der Waals surface area contributed by atoms with Gasteiger partial charge in [0.2, 0.25) is 5.91 Å². The van der Waals surface area contributed by atoms with E-state index in [4.69, 9.17) is 4.42 Å². The van der Waals surface area contributed by atoms with Gasteiger partial charge in [-0.3, -0.25) is 9.59 Å². The lowest BCUT2D eigenvalue weighted by Gasteiger charge is -2.07. The van der Waals surface area contributed by atoms with Crippen molar-refractivity contribution in [2.24, 2.45) is 0 Å². The molecule has 0 aliphatic rings. The molecule has 0 atom stereocenters. The molecule has 0 aliphatic carbocycles. The van der Waals surface area contributed by atoms with Crippen molar-refractivity contribution in [3.05, 3.63) is 71.7 Å². The number of carbonyl (C=O) groups is 2. The van der Waals surface area contributed by atoms with Gasteiger partial charge in [0.15, 0.2) is 0 Å². The summed E-state index contributed by atoms with van der Waals surface area (Å²) in [7, 11) is 0. The molecule has 2 amide bonds. The van der Waals surface area contributed by atoms with Crippen LogP contribution in [0.3, 0.4) is 0 Å². The SMILES string of the molecule is Cc1c(C(=O)NCC(=O)NCc2ccco2)cnn1-c1ccc(F)cc1. The van der Waals surface area contributed by atoms with Crippen molar-refractivity contribution in [1.29, 1.82) is 0 Å². The molecule has 1 aromatic carbocycles. The maximum atomic E-state index is 13.0. The second-order valence-corrected chi connectivity index (χ2v) is 5.57. The van der Waals surface area contributed by atoms with Crippen molar-refractivity contribution in [1.82, 2.24) is 20.4 Å². The fourth-order valence-corrected chi connectivity index (χ4v) is 2.39. The van der Waals surface area contributed by atoms with Gasteiger partial charge >= 0.3 is 0 Å². The highest BCUT2D eigenvalue weighted by atomic mass is 19.1. The average molecular weight is 356 g/mol. The summed E-state index contributed by atoms with van der Waals surface area (Å²) in [5, 5.41) is 9.34. The Kier molecular flexibility index (Phi) is 5.12. The Labute approximate surface area is 148 Å². The van der Waals surface area contributed by atoms with Crippen molar-refractivity contribution in [2.75, 3.05) is 6.54 Å². The van der Waals surface area contributed by atoms with Crippen LogP contribution >= 0.6 is 0 Å². The molecule has 7 nitrogen and oxygen atoms in total. The van der Waals surface area contributed by atoms with Gasteiger partial charge in [-0.15, -0.1) is 0 Å². The van der Waals surface area contributed by atoms with Gasteiger partial charge in [-0.2, -0.15) is 5.10 Å². The van der Waals surface area contributed by atoms with E-state index in [0.717, 1.165) is 0 Å². The van der Waals surface area contributed by atoms with Gasteiger partial charge in [0.1, 0.15) is 11.6 Å². The number of nitrogens with one attached hydrogen (secondary N) is 2. The molecule has 8 heteroatoms. The van der Waals surface area contributed by atoms with Gasteiger partial charge in [0.05, 0.1) is 42.5 Å². The maximum absolute atomic E-state index is 13.0. The molecule has 3 aromatic rings. The number of amides is 2. The molecule has 3 rings (SSSR count). The lowest BCUT2D eigenvalue weighted by molar-refractivity contribution is -0.120. The fraction of sp³-hybridized carbons (Fsp3) is 0.167. The second kappa shape index (κ2) is 7.64. The molecule has 0 aliphatic heterocycles. The van der Waals surface area contributed by atoms with Crippen molar-refractivity contribution in [2.45, 2.75) is 13.5 Å². The first-order valence-electron chi connectivity index (χ1n) is 7.92. The van der Waals surface area contributed by atoms with Crippen LogP contribution in [-0.4, -0.2) is 28.1 Å². The van der Waals surface area contributed by atoms with E-state index in [1.165, 1.54) is 29.3 Å². The summed E-state index contributed by atoms with van der Waals surface area (Å²) in [5.74, 6) is -0.472. The molecule has 0 saturated heterocycles.